The van der Waals surface area contributed by atoms with Gasteiger partial charge in [0, 0.05) is 13.1 Å². The van der Waals surface area contributed by atoms with Gasteiger partial charge < -0.3 is 15.4 Å². The third kappa shape index (κ3) is 3.19. The molecule has 1 aromatic heterocycles. The van der Waals surface area contributed by atoms with E-state index in [2.05, 4.69) is 9.97 Å². The van der Waals surface area contributed by atoms with E-state index in [1.54, 1.807) is 0 Å². The summed E-state index contributed by atoms with van der Waals surface area (Å²) in [5.41, 5.74) is 5.39. The molecule has 0 aromatic carbocycles. The number of methoxy groups -OCH3 is 1. The molecule has 1 aromatic rings. The van der Waals surface area contributed by atoms with E-state index in [0.29, 0.717) is 5.82 Å². The van der Waals surface area contributed by atoms with Gasteiger partial charge in [-0.3, -0.25) is 0 Å². The van der Waals surface area contributed by atoms with Gasteiger partial charge >= 0.3 is 0 Å². The maximum atomic E-state index is 12.1. The van der Waals surface area contributed by atoms with Gasteiger partial charge in [-0.2, -0.15) is 9.97 Å². The Morgan fingerprint density at radius 1 is 1.53 bits per heavy atom. The van der Waals surface area contributed by atoms with Crippen molar-refractivity contribution in [2.75, 3.05) is 31.3 Å². The van der Waals surface area contributed by atoms with Crippen LogP contribution in [0.4, 0.5) is 20.5 Å². The summed E-state index contributed by atoms with van der Waals surface area (Å²) in [5.74, 6) is 0.545. The molecule has 0 atom stereocenters. The molecule has 7 heteroatoms. The Bertz CT molecular complexity index is 334. The fraction of sp³-hybridized carbons (Fsp3) is 0.500. The number of nitrogens with zero attached hydrogens (tertiary/aromatic N) is 3. The average molecular weight is 218 g/mol. The number of anilines is 2. The summed E-state index contributed by atoms with van der Waals surface area (Å²) in [5, 5.41) is 0. The van der Waals surface area contributed by atoms with Crippen molar-refractivity contribution in [1.82, 2.24) is 9.97 Å². The van der Waals surface area contributed by atoms with Gasteiger partial charge in [-0.25, -0.2) is 8.78 Å². The van der Waals surface area contributed by atoms with E-state index >= 15 is 0 Å². The van der Waals surface area contributed by atoms with Crippen LogP contribution in [0.2, 0.25) is 0 Å². The van der Waals surface area contributed by atoms with Crippen LogP contribution in [0.15, 0.2) is 6.07 Å². The number of nitrogens with two attached hydrogens (primary N) is 1. The van der Waals surface area contributed by atoms with Crippen molar-refractivity contribution in [2.24, 2.45) is 0 Å². The van der Waals surface area contributed by atoms with Crippen LogP contribution in [0.3, 0.4) is 0 Å². The normalized spacial score (nSPS) is 10.5. The highest BCUT2D eigenvalue weighted by Crippen LogP contribution is 2.17. The zero-order chi connectivity index (χ0) is 11.4. The van der Waals surface area contributed by atoms with Gasteiger partial charge in [-0.05, 0) is 0 Å². The Morgan fingerprint density at radius 3 is 2.73 bits per heavy atom. The highest BCUT2D eigenvalue weighted by molar-refractivity contribution is 5.44. The van der Waals surface area contributed by atoms with Gasteiger partial charge in [0.2, 0.25) is 11.8 Å². The lowest BCUT2D eigenvalue weighted by atomic mass is 10.5. The molecule has 0 spiro atoms. The third-order valence-corrected chi connectivity index (χ3v) is 1.72. The van der Waals surface area contributed by atoms with E-state index in [4.69, 9.17) is 10.5 Å². The lowest BCUT2D eigenvalue weighted by Crippen LogP contribution is -2.25. The molecule has 5 nitrogen and oxygen atoms in total. The fourth-order valence-electron chi connectivity index (χ4n) is 1.03. The predicted molar refractivity (Wildman–Crippen MR) is 52.3 cm³/mol. The van der Waals surface area contributed by atoms with E-state index in [9.17, 15) is 8.78 Å². The zero-order valence-electron chi connectivity index (χ0n) is 8.44. The number of halogens is 2. The molecular formula is C8H12F2N4O. The largest absolute Gasteiger partial charge is 0.481 e. The van der Waals surface area contributed by atoms with Gasteiger partial charge in [-0.1, -0.05) is 0 Å². The molecule has 0 saturated carbocycles. The molecule has 84 valence electrons. The smallest absolute Gasteiger partial charge is 0.255 e. The number of alkyl halides is 2. The molecule has 0 fully saturated rings. The van der Waals surface area contributed by atoms with E-state index in [1.165, 1.54) is 25.1 Å². The molecule has 0 saturated heterocycles. The average Bonchev–Trinajstić information content (AvgIpc) is 2.15. The van der Waals surface area contributed by atoms with Crippen LogP contribution in [-0.2, 0) is 0 Å². The van der Waals surface area contributed by atoms with Crippen LogP contribution < -0.4 is 15.4 Å². The molecule has 0 aliphatic rings. The number of nitrogen functional groups attached to an aromatic ring is 1. The number of hydrogen-bond donors (Lipinski definition) is 1. The molecule has 0 bridgehead atoms. The molecule has 0 aliphatic heterocycles. The van der Waals surface area contributed by atoms with E-state index in [1.807, 2.05) is 0 Å². The SMILES string of the molecule is COc1cc(N(C)CC(F)F)nc(N)n1. The first-order chi connectivity index (χ1) is 7.02. The van der Waals surface area contributed by atoms with Gasteiger partial charge in [0.05, 0.1) is 13.7 Å². The van der Waals surface area contributed by atoms with Crippen molar-refractivity contribution in [2.45, 2.75) is 6.43 Å². The van der Waals surface area contributed by atoms with E-state index < -0.39 is 13.0 Å². The van der Waals surface area contributed by atoms with Gasteiger partial charge in [0.15, 0.2) is 0 Å². The lowest BCUT2D eigenvalue weighted by Gasteiger charge is -2.17. The van der Waals surface area contributed by atoms with Gasteiger partial charge in [0.25, 0.3) is 6.43 Å². The molecule has 0 radical (unpaired) electrons. The van der Waals surface area contributed by atoms with Crippen molar-refractivity contribution in [3.63, 3.8) is 0 Å². The van der Waals surface area contributed by atoms with Gasteiger partial charge in [-0.15, -0.1) is 0 Å². The number of hydrogen-bond acceptors (Lipinski definition) is 5. The summed E-state index contributed by atoms with van der Waals surface area (Å²) in [6.45, 7) is -0.417. The number of rotatable bonds is 4. The highest BCUT2D eigenvalue weighted by Gasteiger charge is 2.11. The minimum absolute atomic E-state index is 0.00883. The maximum Gasteiger partial charge on any atom is 0.255 e. The zero-order valence-corrected chi connectivity index (χ0v) is 8.44. The second kappa shape index (κ2) is 4.72. The Balaban J connectivity index is 2.88. The molecule has 0 amide bonds. The summed E-state index contributed by atoms with van der Waals surface area (Å²) < 4.78 is 29.1. The lowest BCUT2D eigenvalue weighted by molar-refractivity contribution is 0.156. The topological polar surface area (TPSA) is 64.3 Å². The van der Waals surface area contributed by atoms with E-state index in [-0.39, 0.29) is 11.8 Å². The van der Waals surface area contributed by atoms with Crippen LogP contribution >= 0.6 is 0 Å². The molecule has 2 N–H and O–H groups in total. The first kappa shape index (κ1) is 11.4. The van der Waals surface area contributed by atoms with Crippen molar-refractivity contribution in [1.29, 1.82) is 0 Å². The first-order valence-electron chi connectivity index (χ1n) is 4.20. The summed E-state index contributed by atoms with van der Waals surface area (Å²) in [6.07, 6.45) is -2.43. The minimum atomic E-state index is -2.43. The summed E-state index contributed by atoms with van der Waals surface area (Å²) in [7, 11) is 2.91. The predicted octanol–water partition coefficient (Wildman–Crippen LogP) is 0.769. The standard InChI is InChI=1S/C8H12F2N4O/c1-14(4-5(9)10)6-3-7(15-2)13-8(11)12-6/h3,5H,4H2,1-2H3,(H2,11,12,13). The third-order valence-electron chi connectivity index (χ3n) is 1.72. The molecule has 15 heavy (non-hydrogen) atoms. The molecular weight excluding hydrogens is 206 g/mol. The van der Waals surface area contributed by atoms with Crippen molar-refractivity contribution < 1.29 is 13.5 Å². The summed E-state index contributed by atoms with van der Waals surface area (Å²) >= 11 is 0. The minimum Gasteiger partial charge on any atom is -0.481 e. The van der Waals surface area contributed by atoms with Crippen LogP contribution in [0.25, 0.3) is 0 Å². The summed E-state index contributed by atoms with van der Waals surface area (Å²) in [4.78, 5) is 8.84. The van der Waals surface area contributed by atoms with Gasteiger partial charge in [0.1, 0.15) is 5.82 Å². The van der Waals surface area contributed by atoms with Crippen molar-refractivity contribution >= 4 is 11.8 Å². The molecule has 1 rings (SSSR count). The molecule has 1 heterocycles. The maximum absolute atomic E-state index is 12.1. The Hall–Kier alpha value is -1.66. The second-order valence-electron chi connectivity index (χ2n) is 2.90. The van der Waals surface area contributed by atoms with Crippen LogP contribution in [0.5, 0.6) is 5.88 Å². The van der Waals surface area contributed by atoms with Crippen LogP contribution in [0.1, 0.15) is 0 Å². The summed E-state index contributed by atoms with van der Waals surface area (Å²) in [6, 6.07) is 1.44. The number of ether oxygens (including phenoxy) is 1. The first-order valence-corrected chi connectivity index (χ1v) is 4.20. The Kier molecular flexibility index (Phi) is 3.59. The Morgan fingerprint density at radius 2 is 2.20 bits per heavy atom. The monoisotopic (exact) mass is 218 g/mol. The quantitative estimate of drug-likeness (QED) is 0.808. The van der Waals surface area contributed by atoms with E-state index in [0.717, 1.165) is 0 Å². The number of aromatic nitrogens is 2. The fourth-order valence-corrected chi connectivity index (χ4v) is 1.03. The van der Waals surface area contributed by atoms with Crippen molar-refractivity contribution in [3.8, 4) is 5.88 Å². The molecule has 0 unspecified atom stereocenters. The van der Waals surface area contributed by atoms with Crippen LogP contribution in [0, 0.1) is 0 Å². The van der Waals surface area contributed by atoms with Crippen molar-refractivity contribution in [3.05, 3.63) is 6.07 Å². The highest BCUT2D eigenvalue weighted by atomic mass is 19.3. The Labute approximate surface area is 85.9 Å². The second-order valence-corrected chi connectivity index (χ2v) is 2.90. The van der Waals surface area contributed by atoms with Crippen LogP contribution in [-0.4, -0.2) is 37.1 Å². The molecule has 0 aliphatic carbocycles.